The van der Waals surface area contributed by atoms with E-state index in [9.17, 15) is 9.59 Å². The quantitative estimate of drug-likeness (QED) is 0.474. The Bertz CT molecular complexity index is 770. The first-order chi connectivity index (χ1) is 11.4. The predicted octanol–water partition coefficient (Wildman–Crippen LogP) is 3.09. The third-order valence-corrected chi connectivity index (χ3v) is 4.48. The fraction of sp³-hybridized carbons (Fsp3) is 0.294. The van der Waals surface area contributed by atoms with Crippen LogP contribution in [-0.2, 0) is 11.3 Å². The number of carbonyl (C=O) groups is 2. The number of rotatable bonds is 7. The van der Waals surface area contributed by atoms with E-state index in [1.54, 1.807) is 37.3 Å². The number of allylic oxidation sites excluding steroid dienone is 1. The van der Waals surface area contributed by atoms with Crippen LogP contribution in [0.2, 0.25) is 0 Å². The number of carbonyl (C=O) groups excluding carboxylic acids is 2. The molecule has 1 amide bonds. The lowest BCUT2D eigenvalue weighted by molar-refractivity contribution is -0.115. The largest absolute Gasteiger partial charge is 0.325 e. The fourth-order valence-corrected chi connectivity index (χ4v) is 2.96. The summed E-state index contributed by atoms with van der Waals surface area (Å²) in [6.07, 6.45) is 1.76. The number of aryl methyl sites for hydroxylation is 1. The highest BCUT2D eigenvalue weighted by Gasteiger charge is 2.19. The zero-order chi connectivity index (χ0) is 17.7. The number of aromatic nitrogens is 3. The van der Waals surface area contributed by atoms with Gasteiger partial charge in [-0.1, -0.05) is 30.0 Å². The zero-order valence-corrected chi connectivity index (χ0v) is 14.8. The molecule has 1 aromatic heterocycles. The second kappa shape index (κ2) is 7.92. The number of anilines is 1. The minimum Gasteiger partial charge on any atom is -0.325 e. The first kappa shape index (κ1) is 17.9. The fourth-order valence-electron chi connectivity index (χ4n) is 2.06. The molecule has 2 aromatic rings. The van der Waals surface area contributed by atoms with Gasteiger partial charge in [0.05, 0.1) is 5.25 Å². The first-order valence-electron chi connectivity index (χ1n) is 7.51. The highest BCUT2D eigenvalue weighted by molar-refractivity contribution is 8.00. The van der Waals surface area contributed by atoms with Crippen LogP contribution >= 0.6 is 11.8 Å². The number of ketones is 1. The van der Waals surface area contributed by atoms with E-state index >= 15 is 0 Å². The van der Waals surface area contributed by atoms with Gasteiger partial charge < -0.3 is 9.88 Å². The van der Waals surface area contributed by atoms with Crippen LogP contribution in [0.15, 0.2) is 42.1 Å². The molecule has 0 fully saturated rings. The number of nitrogens with one attached hydrogen (secondary N) is 1. The summed E-state index contributed by atoms with van der Waals surface area (Å²) in [5.41, 5.74) is 1.17. The summed E-state index contributed by atoms with van der Waals surface area (Å²) in [4.78, 5) is 23.8. The van der Waals surface area contributed by atoms with Gasteiger partial charge in [-0.25, -0.2) is 0 Å². The molecule has 0 spiro atoms. The van der Waals surface area contributed by atoms with E-state index in [0.29, 0.717) is 23.0 Å². The third-order valence-electron chi connectivity index (χ3n) is 3.40. The van der Waals surface area contributed by atoms with Crippen molar-refractivity contribution in [1.29, 1.82) is 0 Å². The number of hydrogen-bond donors (Lipinski definition) is 1. The van der Waals surface area contributed by atoms with Gasteiger partial charge in [-0.3, -0.25) is 9.59 Å². The number of amides is 1. The Hall–Kier alpha value is -2.41. The Balaban J connectivity index is 2.06. The van der Waals surface area contributed by atoms with E-state index in [1.807, 2.05) is 11.5 Å². The summed E-state index contributed by atoms with van der Waals surface area (Å²) in [5.74, 6) is 0.576. The number of benzene rings is 1. The topological polar surface area (TPSA) is 76.9 Å². The second-order valence-corrected chi connectivity index (χ2v) is 6.62. The molecule has 24 heavy (non-hydrogen) atoms. The number of thioether (sulfide) groups is 1. The van der Waals surface area contributed by atoms with Gasteiger partial charge in [0.2, 0.25) is 5.91 Å². The van der Waals surface area contributed by atoms with Crippen molar-refractivity contribution >= 4 is 29.1 Å². The Kier molecular flexibility index (Phi) is 5.92. The highest BCUT2D eigenvalue weighted by Crippen LogP contribution is 2.23. The molecule has 6 nitrogen and oxygen atoms in total. The van der Waals surface area contributed by atoms with Gasteiger partial charge in [-0.2, -0.15) is 0 Å². The molecule has 0 saturated carbocycles. The molecular formula is C17H20N4O2S. The molecule has 0 aliphatic rings. The zero-order valence-electron chi connectivity index (χ0n) is 13.9. The van der Waals surface area contributed by atoms with E-state index in [2.05, 4.69) is 22.1 Å². The first-order valence-corrected chi connectivity index (χ1v) is 8.39. The van der Waals surface area contributed by atoms with Crippen molar-refractivity contribution in [1.82, 2.24) is 14.8 Å². The molecule has 7 heteroatoms. The molecule has 1 heterocycles. The molecule has 0 unspecified atom stereocenters. The Morgan fingerprint density at radius 1 is 1.42 bits per heavy atom. The summed E-state index contributed by atoms with van der Waals surface area (Å²) < 4.78 is 1.90. The predicted molar refractivity (Wildman–Crippen MR) is 95.4 cm³/mol. The van der Waals surface area contributed by atoms with Crippen molar-refractivity contribution < 1.29 is 9.59 Å². The molecule has 0 bridgehead atoms. The Morgan fingerprint density at radius 3 is 2.83 bits per heavy atom. The van der Waals surface area contributed by atoms with E-state index in [4.69, 9.17) is 0 Å². The molecule has 1 aromatic carbocycles. The van der Waals surface area contributed by atoms with Crippen molar-refractivity contribution in [3.8, 4) is 0 Å². The molecule has 1 N–H and O–H groups in total. The average molecular weight is 344 g/mol. The van der Waals surface area contributed by atoms with E-state index in [0.717, 1.165) is 5.82 Å². The van der Waals surface area contributed by atoms with Crippen molar-refractivity contribution in [3.63, 3.8) is 0 Å². The summed E-state index contributed by atoms with van der Waals surface area (Å²) >= 11 is 1.33. The van der Waals surface area contributed by atoms with Gasteiger partial charge in [-0.15, -0.1) is 16.8 Å². The summed E-state index contributed by atoms with van der Waals surface area (Å²) in [6.45, 7) is 9.47. The maximum Gasteiger partial charge on any atom is 0.237 e. The van der Waals surface area contributed by atoms with Crippen LogP contribution in [-0.4, -0.2) is 31.7 Å². The van der Waals surface area contributed by atoms with Crippen LogP contribution in [0.3, 0.4) is 0 Å². The average Bonchev–Trinajstić information content (AvgIpc) is 2.88. The molecule has 0 aliphatic carbocycles. The smallest absolute Gasteiger partial charge is 0.237 e. The van der Waals surface area contributed by atoms with Gasteiger partial charge >= 0.3 is 0 Å². The Labute approximate surface area is 145 Å². The minimum absolute atomic E-state index is 0.0403. The monoisotopic (exact) mass is 344 g/mol. The maximum absolute atomic E-state index is 12.4. The van der Waals surface area contributed by atoms with Gasteiger partial charge in [0.15, 0.2) is 10.9 Å². The molecule has 2 rings (SSSR count). The van der Waals surface area contributed by atoms with Gasteiger partial charge in [0.1, 0.15) is 5.82 Å². The van der Waals surface area contributed by atoms with Crippen LogP contribution in [0.25, 0.3) is 0 Å². The van der Waals surface area contributed by atoms with Crippen LogP contribution in [0.5, 0.6) is 0 Å². The summed E-state index contributed by atoms with van der Waals surface area (Å²) in [6, 6.07) is 6.89. The third kappa shape index (κ3) is 4.32. The molecular weight excluding hydrogens is 324 g/mol. The SMILES string of the molecule is C=CCn1c(C)nnc1S[C@H](C)C(=O)Nc1cccc(C(C)=O)c1. The van der Waals surface area contributed by atoms with Crippen molar-refractivity contribution in [2.75, 3.05) is 5.32 Å². The van der Waals surface area contributed by atoms with Gasteiger partial charge in [0.25, 0.3) is 0 Å². The molecule has 0 aliphatic heterocycles. The molecule has 0 radical (unpaired) electrons. The minimum atomic E-state index is -0.363. The van der Waals surface area contributed by atoms with Gasteiger partial charge in [0, 0.05) is 17.8 Å². The normalized spacial score (nSPS) is 11.8. The van der Waals surface area contributed by atoms with Crippen LogP contribution in [0, 0.1) is 6.92 Å². The van der Waals surface area contributed by atoms with E-state index < -0.39 is 0 Å². The molecule has 1 atom stereocenters. The number of hydrogen-bond acceptors (Lipinski definition) is 5. The summed E-state index contributed by atoms with van der Waals surface area (Å²) in [7, 11) is 0. The lowest BCUT2D eigenvalue weighted by Gasteiger charge is -2.12. The molecule has 126 valence electrons. The lowest BCUT2D eigenvalue weighted by atomic mass is 10.1. The van der Waals surface area contributed by atoms with Crippen LogP contribution in [0.1, 0.15) is 30.0 Å². The second-order valence-electron chi connectivity index (χ2n) is 5.32. The Morgan fingerprint density at radius 2 is 2.17 bits per heavy atom. The van der Waals surface area contributed by atoms with Crippen molar-refractivity contribution in [3.05, 3.63) is 48.3 Å². The highest BCUT2D eigenvalue weighted by atomic mass is 32.2. The van der Waals surface area contributed by atoms with Crippen molar-refractivity contribution in [2.45, 2.75) is 37.7 Å². The van der Waals surface area contributed by atoms with E-state index in [-0.39, 0.29) is 16.9 Å². The van der Waals surface area contributed by atoms with E-state index in [1.165, 1.54) is 18.7 Å². The van der Waals surface area contributed by atoms with Crippen LogP contribution < -0.4 is 5.32 Å². The van der Waals surface area contributed by atoms with Crippen molar-refractivity contribution in [2.24, 2.45) is 0 Å². The number of Topliss-reactive ketones (excluding diaryl/α,β-unsaturated/α-hetero) is 1. The standard InChI is InChI=1S/C17H20N4O2S/c1-5-9-21-13(4)19-20-17(21)24-12(3)16(23)18-15-8-6-7-14(10-15)11(2)22/h5-8,10,12H,1,9H2,2-4H3,(H,18,23)/t12-/m1/s1. The van der Waals surface area contributed by atoms with Gasteiger partial charge in [-0.05, 0) is 32.9 Å². The maximum atomic E-state index is 12.4. The lowest BCUT2D eigenvalue weighted by Crippen LogP contribution is -2.23. The number of nitrogens with zero attached hydrogens (tertiary/aromatic N) is 3. The van der Waals surface area contributed by atoms with Crippen LogP contribution in [0.4, 0.5) is 5.69 Å². The molecule has 0 saturated heterocycles. The summed E-state index contributed by atoms with van der Waals surface area (Å²) in [5, 5.41) is 11.3.